The molecule has 0 heterocycles. The van der Waals surface area contributed by atoms with Gasteiger partial charge in [0.2, 0.25) is 0 Å². The third-order valence-electron chi connectivity index (χ3n) is 3.09. The van der Waals surface area contributed by atoms with E-state index in [0.29, 0.717) is 10.8 Å². The molecule has 90 valence electrons. The van der Waals surface area contributed by atoms with Crippen molar-refractivity contribution in [1.82, 2.24) is 0 Å². The zero-order valence-electron chi connectivity index (χ0n) is 11.7. The molecule has 0 aromatic carbocycles. The van der Waals surface area contributed by atoms with Gasteiger partial charge in [-0.05, 0) is 36.0 Å². The second-order valence-electron chi connectivity index (χ2n) is 6.42. The molecule has 1 aliphatic rings. The highest BCUT2D eigenvalue weighted by molar-refractivity contribution is 4.99. The first-order valence-corrected chi connectivity index (χ1v) is 6.42. The summed E-state index contributed by atoms with van der Waals surface area (Å²) in [6, 6.07) is 0. The summed E-state index contributed by atoms with van der Waals surface area (Å²) in [7, 11) is 0. The molecular formula is C15H30. The highest BCUT2D eigenvalue weighted by Gasteiger charge is 2.37. The van der Waals surface area contributed by atoms with Crippen molar-refractivity contribution in [3.8, 4) is 0 Å². The van der Waals surface area contributed by atoms with Crippen molar-refractivity contribution in [3.05, 3.63) is 12.7 Å². The van der Waals surface area contributed by atoms with Crippen molar-refractivity contribution in [2.24, 2.45) is 16.7 Å². The lowest BCUT2D eigenvalue weighted by atomic mass is 9.61. The first-order valence-electron chi connectivity index (χ1n) is 6.42. The molecule has 0 aliphatic heterocycles. The number of hydrogen-bond acceptors (Lipinski definition) is 0. The van der Waals surface area contributed by atoms with Crippen molar-refractivity contribution >= 4 is 0 Å². The summed E-state index contributed by atoms with van der Waals surface area (Å²) in [5.41, 5.74) is 0.905. The van der Waals surface area contributed by atoms with Gasteiger partial charge in [0.1, 0.15) is 0 Å². The standard InChI is InChI=1S/C12H22.C3H8/c1-6-12(5)8-10(2)7-11(3,4)9-12;1-3-2/h6,10H,1,7-9H2,2-5H3;3H2,1-2H3. The average Bonchev–Trinajstić information content (AvgIpc) is 2.01. The molecule has 1 rings (SSSR count). The van der Waals surface area contributed by atoms with Crippen LogP contribution in [0.1, 0.15) is 67.2 Å². The SMILES string of the molecule is C=CC1(C)CC(C)CC(C)(C)C1.CCC. The van der Waals surface area contributed by atoms with Crippen LogP contribution in [0.2, 0.25) is 0 Å². The summed E-state index contributed by atoms with van der Waals surface area (Å²) in [4.78, 5) is 0. The lowest BCUT2D eigenvalue weighted by Gasteiger charge is -2.44. The molecule has 0 saturated heterocycles. The molecule has 2 unspecified atom stereocenters. The number of rotatable bonds is 1. The van der Waals surface area contributed by atoms with Gasteiger partial charge in [-0.25, -0.2) is 0 Å². The Balaban J connectivity index is 0.000000583. The monoisotopic (exact) mass is 210 g/mol. The highest BCUT2D eigenvalue weighted by atomic mass is 14.4. The zero-order valence-corrected chi connectivity index (χ0v) is 11.7. The van der Waals surface area contributed by atoms with Gasteiger partial charge in [-0.15, -0.1) is 6.58 Å². The van der Waals surface area contributed by atoms with Gasteiger partial charge in [0.05, 0.1) is 0 Å². The normalized spacial score (nSPS) is 33.9. The van der Waals surface area contributed by atoms with Crippen LogP contribution >= 0.6 is 0 Å². The lowest BCUT2D eigenvalue weighted by molar-refractivity contribution is 0.0959. The van der Waals surface area contributed by atoms with E-state index < -0.39 is 0 Å². The minimum Gasteiger partial charge on any atom is -0.103 e. The molecule has 0 radical (unpaired) electrons. The van der Waals surface area contributed by atoms with Crippen LogP contribution in [-0.2, 0) is 0 Å². The molecule has 0 spiro atoms. The van der Waals surface area contributed by atoms with E-state index in [-0.39, 0.29) is 0 Å². The Kier molecular flexibility index (Phi) is 5.62. The molecule has 0 bridgehead atoms. The molecule has 15 heavy (non-hydrogen) atoms. The molecule has 0 nitrogen and oxygen atoms in total. The Morgan fingerprint density at radius 1 is 1.20 bits per heavy atom. The predicted molar refractivity (Wildman–Crippen MR) is 71.1 cm³/mol. The topological polar surface area (TPSA) is 0 Å². The predicted octanol–water partition coefficient (Wildman–Crippen LogP) is 5.44. The third-order valence-corrected chi connectivity index (χ3v) is 3.09. The summed E-state index contributed by atoms with van der Waals surface area (Å²) in [6.45, 7) is 17.7. The van der Waals surface area contributed by atoms with E-state index in [1.54, 1.807) is 0 Å². The fourth-order valence-electron chi connectivity index (χ4n) is 3.20. The maximum absolute atomic E-state index is 3.96. The van der Waals surface area contributed by atoms with E-state index in [0.717, 1.165) is 5.92 Å². The molecule has 0 aromatic heterocycles. The minimum atomic E-state index is 0.390. The van der Waals surface area contributed by atoms with Crippen LogP contribution in [0.15, 0.2) is 12.7 Å². The Bertz CT molecular complexity index is 190. The zero-order chi connectivity index (χ0) is 12.1. The first kappa shape index (κ1) is 14.7. The van der Waals surface area contributed by atoms with Crippen LogP contribution in [-0.4, -0.2) is 0 Å². The van der Waals surface area contributed by atoms with E-state index in [1.165, 1.54) is 25.7 Å². The van der Waals surface area contributed by atoms with Gasteiger partial charge in [-0.1, -0.05) is 54.0 Å². The smallest absolute Gasteiger partial charge is 0.0142 e. The van der Waals surface area contributed by atoms with Gasteiger partial charge >= 0.3 is 0 Å². The van der Waals surface area contributed by atoms with Crippen LogP contribution in [0.25, 0.3) is 0 Å². The van der Waals surface area contributed by atoms with Crippen LogP contribution in [0.5, 0.6) is 0 Å². The average molecular weight is 210 g/mol. The molecule has 0 N–H and O–H groups in total. The van der Waals surface area contributed by atoms with Crippen molar-refractivity contribution in [2.75, 3.05) is 0 Å². The molecule has 1 fully saturated rings. The Morgan fingerprint density at radius 2 is 1.67 bits per heavy atom. The number of hydrogen-bond donors (Lipinski definition) is 0. The van der Waals surface area contributed by atoms with E-state index in [1.807, 2.05) is 0 Å². The van der Waals surface area contributed by atoms with Crippen LogP contribution in [0.3, 0.4) is 0 Å². The molecule has 1 saturated carbocycles. The van der Waals surface area contributed by atoms with Crippen LogP contribution in [0, 0.1) is 16.7 Å². The van der Waals surface area contributed by atoms with Crippen LogP contribution < -0.4 is 0 Å². The van der Waals surface area contributed by atoms with Crippen molar-refractivity contribution in [1.29, 1.82) is 0 Å². The summed E-state index contributed by atoms with van der Waals surface area (Å²) < 4.78 is 0. The first-order chi connectivity index (χ1) is 6.78. The molecule has 0 amide bonds. The fraction of sp³-hybridized carbons (Fsp3) is 0.867. The maximum Gasteiger partial charge on any atom is -0.0142 e. The summed E-state index contributed by atoms with van der Waals surface area (Å²) in [5, 5.41) is 0. The van der Waals surface area contributed by atoms with Gasteiger partial charge in [-0.3, -0.25) is 0 Å². The van der Waals surface area contributed by atoms with Crippen molar-refractivity contribution in [3.63, 3.8) is 0 Å². The lowest BCUT2D eigenvalue weighted by Crippen LogP contribution is -2.33. The quantitative estimate of drug-likeness (QED) is 0.505. The summed E-state index contributed by atoms with van der Waals surface area (Å²) in [6.07, 6.45) is 7.40. The highest BCUT2D eigenvalue weighted by Crippen LogP contribution is 2.48. The molecular weight excluding hydrogens is 180 g/mol. The number of allylic oxidation sites excluding steroid dienone is 1. The Morgan fingerprint density at radius 3 is 2.00 bits per heavy atom. The van der Waals surface area contributed by atoms with E-state index in [4.69, 9.17) is 0 Å². The van der Waals surface area contributed by atoms with E-state index >= 15 is 0 Å². The maximum atomic E-state index is 3.96. The molecule has 2 atom stereocenters. The molecule has 0 heteroatoms. The largest absolute Gasteiger partial charge is 0.103 e. The second-order valence-corrected chi connectivity index (χ2v) is 6.42. The minimum absolute atomic E-state index is 0.390. The van der Waals surface area contributed by atoms with Gasteiger partial charge < -0.3 is 0 Å². The van der Waals surface area contributed by atoms with Gasteiger partial charge in [0.25, 0.3) is 0 Å². The second kappa shape index (κ2) is 5.72. The van der Waals surface area contributed by atoms with Gasteiger partial charge in [0, 0.05) is 0 Å². The van der Waals surface area contributed by atoms with Gasteiger partial charge in [0.15, 0.2) is 0 Å². The van der Waals surface area contributed by atoms with Crippen LogP contribution in [0.4, 0.5) is 0 Å². The third kappa shape index (κ3) is 5.39. The Labute approximate surface area is 97.2 Å². The summed E-state index contributed by atoms with van der Waals surface area (Å²) >= 11 is 0. The molecule has 0 aromatic rings. The fourth-order valence-corrected chi connectivity index (χ4v) is 3.20. The Hall–Kier alpha value is -0.260. The van der Waals surface area contributed by atoms with E-state index in [2.05, 4.69) is 54.2 Å². The van der Waals surface area contributed by atoms with Gasteiger partial charge in [-0.2, -0.15) is 0 Å². The summed E-state index contributed by atoms with van der Waals surface area (Å²) in [5.74, 6) is 0.858. The van der Waals surface area contributed by atoms with E-state index in [9.17, 15) is 0 Å². The van der Waals surface area contributed by atoms with Crippen molar-refractivity contribution < 1.29 is 0 Å². The molecule has 1 aliphatic carbocycles. The van der Waals surface area contributed by atoms with Crippen molar-refractivity contribution in [2.45, 2.75) is 67.2 Å².